The Labute approximate surface area is 129 Å². The van der Waals surface area contributed by atoms with Gasteiger partial charge >= 0.3 is 0 Å². The maximum Gasteiger partial charge on any atom is 0.0492 e. The van der Waals surface area contributed by atoms with Crippen molar-refractivity contribution in [1.29, 1.82) is 0 Å². The lowest BCUT2D eigenvalue weighted by molar-refractivity contribution is 0.278. The molecule has 20 heavy (non-hydrogen) atoms. The molecule has 2 aromatic rings. The van der Waals surface area contributed by atoms with Crippen LogP contribution in [0.25, 0.3) is 5.69 Å². The van der Waals surface area contributed by atoms with Gasteiger partial charge in [0.25, 0.3) is 0 Å². The van der Waals surface area contributed by atoms with Crippen molar-refractivity contribution in [1.82, 2.24) is 4.57 Å². The van der Waals surface area contributed by atoms with Gasteiger partial charge in [-0.05, 0) is 54.5 Å². The maximum atomic E-state index is 6.36. The van der Waals surface area contributed by atoms with Crippen molar-refractivity contribution in [3.63, 3.8) is 0 Å². The van der Waals surface area contributed by atoms with E-state index in [1.807, 2.05) is 0 Å². The number of nitrogens with zero attached hydrogens (tertiary/aromatic N) is 1. The highest BCUT2D eigenvalue weighted by Gasteiger charge is 2.32. The third kappa shape index (κ3) is 2.33. The van der Waals surface area contributed by atoms with Gasteiger partial charge < -0.3 is 10.3 Å². The average molecular weight is 333 g/mol. The Kier molecular flexibility index (Phi) is 3.30. The number of nitrogens with two attached hydrogens (primary N) is 1. The van der Waals surface area contributed by atoms with Gasteiger partial charge in [-0.25, -0.2) is 0 Å². The van der Waals surface area contributed by atoms with Crippen LogP contribution in [-0.2, 0) is 6.42 Å². The molecule has 1 aliphatic rings. The van der Waals surface area contributed by atoms with Gasteiger partial charge in [0.2, 0.25) is 0 Å². The van der Waals surface area contributed by atoms with E-state index in [4.69, 9.17) is 5.73 Å². The lowest BCUT2D eigenvalue weighted by Gasteiger charge is -2.34. The Morgan fingerprint density at radius 3 is 2.80 bits per heavy atom. The molecule has 0 fully saturated rings. The minimum atomic E-state index is 0.155. The first-order valence-corrected chi connectivity index (χ1v) is 7.89. The standard InChI is InChI=1S/C17H21BrN2/c1-11-4-5-12(18)8-15(11)20-7-6-13-14(19)9-17(2,3)10-16(13)20/h4-8,14H,9-10,19H2,1-3H3. The molecule has 1 aromatic carbocycles. The van der Waals surface area contributed by atoms with Crippen LogP contribution in [0.4, 0.5) is 0 Å². The van der Waals surface area contributed by atoms with Crippen LogP contribution in [0.15, 0.2) is 34.9 Å². The average Bonchev–Trinajstić information content (AvgIpc) is 2.74. The Hall–Kier alpha value is -1.06. The summed E-state index contributed by atoms with van der Waals surface area (Å²) in [4.78, 5) is 0. The fourth-order valence-electron chi connectivity index (χ4n) is 3.30. The predicted octanol–water partition coefficient (Wildman–Crippen LogP) is 4.52. The lowest BCUT2D eigenvalue weighted by atomic mass is 9.74. The molecule has 0 saturated carbocycles. The first kappa shape index (κ1) is 13.9. The Morgan fingerprint density at radius 1 is 1.30 bits per heavy atom. The van der Waals surface area contributed by atoms with E-state index >= 15 is 0 Å². The summed E-state index contributed by atoms with van der Waals surface area (Å²) >= 11 is 3.57. The van der Waals surface area contributed by atoms with E-state index in [0.29, 0.717) is 0 Å². The van der Waals surface area contributed by atoms with Gasteiger partial charge in [0.1, 0.15) is 0 Å². The van der Waals surface area contributed by atoms with Crippen LogP contribution in [0.2, 0.25) is 0 Å². The van der Waals surface area contributed by atoms with E-state index in [2.05, 4.69) is 71.7 Å². The van der Waals surface area contributed by atoms with Crippen molar-refractivity contribution in [3.05, 3.63) is 51.8 Å². The monoisotopic (exact) mass is 332 g/mol. The zero-order valence-corrected chi connectivity index (χ0v) is 13.9. The van der Waals surface area contributed by atoms with Gasteiger partial charge in [0, 0.05) is 28.1 Å². The molecule has 2 N–H and O–H groups in total. The minimum Gasteiger partial charge on any atom is -0.324 e. The third-order valence-electron chi connectivity index (χ3n) is 4.28. The van der Waals surface area contributed by atoms with Crippen molar-refractivity contribution in [2.45, 2.75) is 39.7 Å². The molecule has 1 unspecified atom stereocenters. The normalized spacial score (nSPS) is 20.8. The van der Waals surface area contributed by atoms with Crippen LogP contribution in [0, 0.1) is 12.3 Å². The molecule has 0 saturated heterocycles. The van der Waals surface area contributed by atoms with Crippen LogP contribution >= 0.6 is 15.9 Å². The second-order valence-corrected chi connectivity index (χ2v) is 7.59. The molecule has 1 aliphatic carbocycles. The van der Waals surface area contributed by atoms with Crippen molar-refractivity contribution < 1.29 is 0 Å². The van der Waals surface area contributed by atoms with Crippen molar-refractivity contribution in [2.75, 3.05) is 0 Å². The summed E-state index contributed by atoms with van der Waals surface area (Å²) in [6, 6.07) is 8.77. The van der Waals surface area contributed by atoms with Gasteiger partial charge in [-0.2, -0.15) is 0 Å². The number of aromatic nitrogens is 1. The minimum absolute atomic E-state index is 0.155. The molecular formula is C17H21BrN2. The zero-order chi connectivity index (χ0) is 14.5. The van der Waals surface area contributed by atoms with Crippen molar-refractivity contribution in [2.24, 2.45) is 11.1 Å². The second kappa shape index (κ2) is 4.74. The Bertz CT molecular complexity index is 655. The molecule has 0 spiro atoms. The fourth-order valence-corrected chi connectivity index (χ4v) is 3.65. The molecule has 0 radical (unpaired) electrons. The van der Waals surface area contributed by atoms with Gasteiger partial charge in [-0.1, -0.05) is 35.8 Å². The molecule has 2 nitrogen and oxygen atoms in total. The largest absolute Gasteiger partial charge is 0.324 e. The van der Waals surface area contributed by atoms with Crippen LogP contribution in [0.3, 0.4) is 0 Å². The predicted molar refractivity (Wildman–Crippen MR) is 87.2 cm³/mol. The van der Waals surface area contributed by atoms with E-state index in [1.54, 1.807) is 0 Å². The molecule has 0 bridgehead atoms. The Balaban J connectivity index is 2.16. The summed E-state index contributed by atoms with van der Waals surface area (Å²) in [7, 11) is 0. The summed E-state index contributed by atoms with van der Waals surface area (Å²) in [5.41, 5.74) is 11.8. The lowest BCUT2D eigenvalue weighted by Crippen LogP contribution is -2.30. The van der Waals surface area contributed by atoms with Gasteiger partial charge in [0.15, 0.2) is 0 Å². The molecule has 1 heterocycles. The highest BCUT2D eigenvalue weighted by molar-refractivity contribution is 9.10. The quantitative estimate of drug-likeness (QED) is 0.817. The maximum absolute atomic E-state index is 6.36. The summed E-state index contributed by atoms with van der Waals surface area (Å²) in [5, 5.41) is 0. The van der Waals surface area contributed by atoms with E-state index in [0.717, 1.165) is 17.3 Å². The molecule has 1 aromatic heterocycles. The van der Waals surface area contributed by atoms with Crippen LogP contribution < -0.4 is 5.73 Å². The van der Waals surface area contributed by atoms with E-state index < -0.39 is 0 Å². The van der Waals surface area contributed by atoms with Crippen LogP contribution in [-0.4, -0.2) is 4.57 Å². The first-order valence-electron chi connectivity index (χ1n) is 7.10. The van der Waals surface area contributed by atoms with Gasteiger partial charge in [-0.15, -0.1) is 0 Å². The summed E-state index contributed by atoms with van der Waals surface area (Å²) < 4.78 is 3.43. The van der Waals surface area contributed by atoms with Crippen LogP contribution in [0.1, 0.15) is 43.1 Å². The number of hydrogen-bond donors (Lipinski definition) is 1. The highest BCUT2D eigenvalue weighted by Crippen LogP contribution is 2.41. The number of rotatable bonds is 1. The van der Waals surface area contributed by atoms with E-state index in [1.165, 1.54) is 22.5 Å². The highest BCUT2D eigenvalue weighted by atomic mass is 79.9. The first-order chi connectivity index (χ1) is 9.37. The number of aryl methyl sites for hydroxylation is 1. The molecule has 3 rings (SSSR count). The van der Waals surface area contributed by atoms with Crippen LogP contribution in [0.5, 0.6) is 0 Å². The summed E-state index contributed by atoms with van der Waals surface area (Å²) in [6.45, 7) is 6.77. The number of hydrogen-bond acceptors (Lipinski definition) is 1. The van der Waals surface area contributed by atoms with Gasteiger partial charge in [0.05, 0.1) is 0 Å². The van der Waals surface area contributed by atoms with E-state index in [-0.39, 0.29) is 11.5 Å². The number of fused-ring (bicyclic) bond motifs is 1. The van der Waals surface area contributed by atoms with E-state index in [9.17, 15) is 0 Å². The summed E-state index contributed by atoms with van der Waals surface area (Å²) in [5.74, 6) is 0. The molecule has 0 aliphatic heterocycles. The van der Waals surface area contributed by atoms with Crippen molar-refractivity contribution in [3.8, 4) is 5.69 Å². The Morgan fingerprint density at radius 2 is 2.05 bits per heavy atom. The van der Waals surface area contributed by atoms with Gasteiger partial charge in [-0.3, -0.25) is 0 Å². The smallest absolute Gasteiger partial charge is 0.0492 e. The zero-order valence-electron chi connectivity index (χ0n) is 12.3. The molecule has 0 amide bonds. The number of halogens is 1. The fraction of sp³-hybridized carbons (Fsp3) is 0.412. The van der Waals surface area contributed by atoms with Crippen molar-refractivity contribution >= 4 is 15.9 Å². The molecule has 106 valence electrons. The third-order valence-corrected chi connectivity index (χ3v) is 4.77. The number of benzene rings is 1. The second-order valence-electron chi connectivity index (χ2n) is 6.67. The molecular weight excluding hydrogens is 312 g/mol. The SMILES string of the molecule is Cc1ccc(Br)cc1-n1ccc2c1CC(C)(C)CC2N. The summed E-state index contributed by atoms with van der Waals surface area (Å²) in [6.07, 6.45) is 4.30. The molecule has 1 atom stereocenters. The molecule has 3 heteroatoms. The topological polar surface area (TPSA) is 30.9 Å².